The van der Waals surface area contributed by atoms with Crippen molar-refractivity contribution < 1.29 is 19.1 Å². The van der Waals surface area contributed by atoms with Crippen LogP contribution in [0.2, 0.25) is 0 Å². The third kappa shape index (κ3) is 2.94. The van der Waals surface area contributed by atoms with E-state index < -0.39 is 5.60 Å². The molecule has 2 bridgehead atoms. The monoisotopic (exact) mass is 437 g/mol. The van der Waals surface area contributed by atoms with Gasteiger partial charge in [-0.25, -0.2) is 4.98 Å². The van der Waals surface area contributed by atoms with Gasteiger partial charge in [0, 0.05) is 31.1 Å². The molecule has 2 aliphatic carbocycles. The number of rotatable bonds is 4. The first-order valence-electron chi connectivity index (χ1n) is 11.9. The van der Waals surface area contributed by atoms with Gasteiger partial charge in [-0.3, -0.25) is 9.69 Å². The largest absolute Gasteiger partial charge is 0.497 e. The molecule has 1 amide bonds. The smallest absolute Gasteiger partial charge is 0.309 e. The first kappa shape index (κ1) is 20.2. The molecule has 0 unspecified atom stereocenters. The molecule has 0 radical (unpaired) electrons. The summed E-state index contributed by atoms with van der Waals surface area (Å²) in [6.45, 7) is 3.16. The first-order valence-corrected chi connectivity index (χ1v) is 11.9. The van der Waals surface area contributed by atoms with Crippen molar-refractivity contribution in [2.24, 2.45) is 5.92 Å². The Morgan fingerprint density at radius 2 is 2.06 bits per heavy atom. The van der Waals surface area contributed by atoms with Crippen molar-refractivity contribution in [3.05, 3.63) is 47.7 Å². The average molecular weight is 438 g/mol. The van der Waals surface area contributed by atoms with E-state index >= 15 is 0 Å². The van der Waals surface area contributed by atoms with Gasteiger partial charge >= 0.3 is 5.91 Å². The van der Waals surface area contributed by atoms with E-state index in [9.17, 15) is 9.90 Å². The molecule has 7 heteroatoms. The highest BCUT2D eigenvalue weighted by molar-refractivity contribution is 5.89. The Morgan fingerprint density at radius 1 is 1.25 bits per heavy atom. The summed E-state index contributed by atoms with van der Waals surface area (Å²) < 4.78 is 10.9. The van der Waals surface area contributed by atoms with E-state index in [-0.39, 0.29) is 23.3 Å². The van der Waals surface area contributed by atoms with E-state index in [1.807, 2.05) is 11.0 Å². The van der Waals surface area contributed by atoms with E-state index in [1.54, 1.807) is 7.11 Å². The molecule has 4 aliphatic rings. The second kappa shape index (κ2) is 7.32. The molecule has 1 aromatic carbocycles. The Labute approximate surface area is 188 Å². The van der Waals surface area contributed by atoms with Gasteiger partial charge in [0.1, 0.15) is 12.0 Å². The van der Waals surface area contributed by atoms with Gasteiger partial charge in [0.2, 0.25) is 0 Å². The van der Waals surface area contributed by atoms with E-state index in [2.05, 4.69) is 22.0 Å². The van der Waals surface area contributed by atoms with Crippen LogP contribution in [0.3, 0.4) is 0 Å². The molecule has 0 spiro atoms. The maximum Gasteiger partial charge on any atom is 0.309 e. The van der Waals surface area contributed by atoms with Crippen molar-refractivity contribution in [2.75, 3.05) is 33.3 Å². The van der Waals surface area contributed by atoms with Crippen molar-refractivity contribution in [3.8, 4) is 5.75 Å². The minimum absolute atomic E-state index is 0.0783. The highest BCUT2D eigenvalue weighted by atomic mass is 16.5. The lowest BCUT2D eigenvalue weighted by molar-refractivity contribution is -0.149. The summed E-state index contributed by atoms with van der Waals surface area (Å²) in [5, 5.41) is 12.5. The number of hydrogen-bond acceptors (Lipinski definition) is 6. The van der Waals surface area contributed by atoms with Crippen LogP contribution in [0.4, 0.5) is 0 Å². The number of piperidine rings is 1. The topological polar surface area (TPSA) is 79.0 Å². The summed E-state index contributed by atoms with van der Waals surface area (Å²) in [5.41, 5.74) is 1.26. The number of carbonyl (C=O) groups is 1. The minimum Gasteiger partial charge on any atom is -0.497 e. The van der Waals surface area contributed by atoms with Crippen molar-refractivity contribution in [2.45, 2.75) is 55.6 Å². The molecule has 3 atom stereocenters. The second-order valence-electron chi connectivity index (χ2n) is 10.1. The Bertz CT molecular complexity index is 1020. The van der Waals surface area contributed by atoms with Crippen LogP contribution >= 0.6 is 0 Å². The van der Waals surface area contributed by atoms with Gasteiger partial charge in [0.25, 0.3) is 5.89 Å². The van der Waals surface area contributed by atoms with Gasteiger partial charge in [-0.2, -0.15) is 0 Å². The van der Waals surface area contributed by atoms with E-state index in [1.165, 1.54) is 36.4 Å². The third-order valence-corrected chi connectivity index (χ3v) is 8.56. The zero-order valence-electron chi connectivity index (χ0n) is 18.6. The van der Waals surface area contributed by atoms with Crippen LogP contribution in [0.25, 0.3) is 0 Å². The van der Waals surface area contributed by atoms with Gasteiger partial charge in [-0.15, -0.1) is 0 Å². The molecular weight excluding hydrogens is 406 g/mol. The number of aliphatic hydroxyl groups is 1. The Balaban J connectivity index is 1.41. The van der Waals surface area contributed by atoms with E-state index in [0.29, 0.717) is 19.5 Å². The summed E-state index contributed by atoms with van der Waals surface area (Å²) in [6.07, 6.45) is 8.57. The fourth-order valence-electron chi connectivity index (χ4n) is 6.65. The number of hydrogen-bond donors (Lipinski definition) is 1. The fraction of sp³-hybridized carbons (Fsp3) is 0.600. The molecule has 1 saturated carbocycles. The number of oxazole rings is 1. The molecule has 3 heterocycles. The molecule has 6 rings (SSSR count). The molecule has 170 valence electrons. The molecular formula is C25H31N3O4. The Morgan fingerprint density at radius 3 is 2.81 bits per heavy atom. The lowest BCUT2D eigenvalue weighted by atomic mass is 9.52. The first-order chi connectivity index (χ1) is 15.5. The quantitative estimate of drug-likeness (QED) is 0.792. The van der Waals surface area contributed by atoms with Crippen LogP contribution < -0.4 is 4.74 Å². The maximum absolute atomic E-state index is 13.0. The van der Waals surface area contributed by atoms with Crippen molar-refractivity contribution in [3.63, 3.8) is 0 Å². The predicted molar refractivity (Wildman–Crippen MR) is 118 cm³/mol. The number of methoxy groups -OCH3 is 1. The van der Waals surface area contributed by atoms with Gasteiger partial charge in [-0.05, 0) is 74.2 Å². The number of amides is 1. The van der Waals surface area contributed by atoms with Gasteiger partial charge < -0.3 is 19.2 Å². The summed E-state index contributed by atoms with van der Waals surface area (Å²) in [7, 11) is 1.69. The lowest BCUT2D eigenvalue weighted by Gasteiger charge is -2.61. The van der Waals surface area contributed by atoms with Crippen LogP contribution in [-0.2, 0) is 11.8 Å². The highest BCUT2D eigenvalue weighted by Gasteiger charge is 2.63. The van der Waals surface area contributed by atoms with Crippen LogP contribution in [0.15, 0.2) is 35.1 Å². The molecule has 3 fully saturated rings. The molecule has 2 aromatic rings. The van der Waals surface area contributed by atoms with Crippen LogP contribution in [-0.4, -0.2) is 70.7 Å². The van der Waals surface area contributed by atoms with E-state index in [0.717, 1.165) is 44.0 Å². The third-order valence-electron chi connectivity index (χ3n) is 8.56. The minimum atomic E-state index is -0.884. The Hall–Kier alpha value is -2.38. The standard InChI is InChI=1S/C25H31N3O4/c1-31-19-5-4-18-14-21-25(30)8-12-27(23(29)22-26-9-13-32-22)10-6-24(25,20(18)15-19)7-11-28(21)16-17-2-3-17/h4-5,9,13,15,17,21,30H,2-3,6-8,10-12,14,16H2,1H3/t21-,24+,25-/m1/s1. The molecule has 1 aromatic heterocycles. The average Bonchev–Trinajstić information content (AvgIpc) is 3.48. The number of aromatic nitrogens is 1. The number of benzene rings is 1. The van der Waals surface area contributed by atoms with Gasteiger partial charge in [0.15, 0.2) is 0 Å². The zero-order chi connectivity index (χ0) is 21.9. The number of nitrogens with zero attached hydrogens (tertiary/aromatic N) is 3. The summed E-state index contributed by atoms with van der Waals surface area (Å²) >= 11 is 0. The molecule has 32 heavy (non-hydrogen) atoms. The van der Waals surface area contributed by atoms with Crippen molar-refractivity contribution in [1.29, 1.82) is 0 Å². The SMILES string of the molecule is COc1ccc2c(c1)[C@@]13CCN(C(=O)c4ncco4)CC[C@@]1(O)[C@@H](C2)N(CC1CC1)CC3. The highest BCUT2D eigenvalue weighted by Crippen LogP contribution is 2.56. The number of likely N-dealkylation sites (tertiary alicyclic amines) is 2. The van der Waals surface area contributed by atoms with Crippen molar-refractivity contribution in [1.82, 2.24) is 14.8 Å². The lowest BCUT2D eigenvalue weighted by Crippen LogP contribution is -2.71. The maximum atomic E-state index is 13.0. The molecule has 1 N–H and O–H groups in total. The molecule has 2 saturated heterocycles. The predicted octanol–water partition coefficient (Wildman–Crippen LogP) is 2.63. The zero-order valence-corrected chi connectivity index (χ0v) is 18.6. The summed E-state index contributed by atoms with van der Waals surface area (Å²) in [6, 6.07) is 6.44. The fourth-order valence-corrected chi connectivity index (χ4v) is 6.65. The second-order valence-corrected chi connectivity index (χ2v) is 10.1. The van der Waals surface area contributed by atoms with Gasteiger partial charge in [0.05, 0.1) is 18.9 Å². The number of carbonyl (C=O) groups excluding carboxylic acids is 1. The van der Waals surface area contributed by atoms with E-state index in [4.69, 9.17) is 9.15 Å². The number of fused-ring (bicyclic) bond motifs is 1. The van der Waals surface area contributed by atoms with Crippen LogP contribution in [0.1, 0.15) is 53.9 Å². The molecule has 7 nitrogen and oxygen atoms in total. The van der Waals surface area contributed by atoms with Crippen molar-refractivity contribution >= 4 is 5.91 Å². The Kier molecular flexibility index (Phi) is 4.63. The number of ether oxygens (including phenoxy) is 1. The molecule has 2 aliphatic heterocycles. The van der Waals surface area contributed by atoms with Crippen LogP contribution in [0, 0.1) is 5.92 Å². The van der Waals surface area contributed by atoms with Crippen LogP contribution in [0.5, 0.6) is 5.75 Å². The summed E-state index contributed by atoms with van der Waals surface area (Å²) in [5.74, 6) is 1.54. The van der Waals surface area contributed by atoms with Gasteiger partial charge in [-0.1, -0.05) is 6.07 Å². The normalized spacial score (nSPS) is 32.1. The summed E-state index contributed by atoms with van der Waals surface area (Å²) in [4.78, 5) is 21.5.